The van der Waals surface area contributed by atoms with Gasteiger partial charge in [0.2, 0.25) is 0 Å². The molecule has 1 atom stereocenters. The van der Waals surface area contributed by atoms with Crippen molar-refractivity contribution in [2.45, 2.75) is 45.4 Å². The number of carbonyl (C=O) groups excluding carboxylic acids is 1. The maximum Gasteiger partial charge on any atom is 0.408 e. The van der Waals surface area contributed by atoms with Gasteiger partial charge in [-0.05, 0) is 56.2 Å². The number of amides is 1. The van der Waals surface area contributed by atoms with Crippen molar-refractivity contribution < 1.29 is 28.9 Å². The molecular weight excluding hydrogens is 374 g/mol. The quantitative estimate of drug-likeness (QED) is 0.699. The van der Waals surface area contributed by atoms with Crippen molar-refractivity contribution in [2.24, 2.45) is 0 Å². The molecule has 2 aromatic carbocycles. The summed E-state index contributed by atoms with van der Waals surface area (Å²) >= 11 is 0. The number of aliphatic carboxylic acids is 1. The lowest BCUT2D eigenvalue weighted by Crippen LogP contribution is -2.44. The summed E-state index contributed by atoms with van der Waals surface area (Å²) in [6.45, 7) is 5.55. The molecule has 0 aliphatic heterocycles. The van der Waals surface area contributed by atoms with E-state index in [-0.39, 0.29) is 6.42 Å². The number of rotatable bonds is 8. The molecule has 0 aliphatic rings. The molecule has 0 fully saturated rings. The van der Waals surface area contributed by atoms with E-state index in [9.17, 15) is 14.7 Å². The molecular formula is C22H27NO6. The van der Waals surface area contributed by atoms with Gasteiger partial charge in [0, 0.05) is 6.42 Å². The highest BCUT2D eigenvalue weighted by Crippen LogP contribution is 2.17. The van der Waals surface area contributed by atoms with E-state index in [4.69, 9.17) is 14.2 Å². The smallest absolute Gasteiger partial charge is 0.408 e. The lowest BCUT2D eigenvalue weighted by molar-refractivity contribution is -0.139. The van der Waals surface area contributed by atoms with Gasteiger partial charge in [-0.3, -0.25) is 0 Å². The first kappa shape index (κ1) is 22.1. The highest BCUT2D eigenvalue weighted by atomic mass is 16.6. The van der Waals surface area contributed by atoms with E-state index in [0.717, 1.165) is 16.9 Å². The van der Waals surface area contributed by atoms with Gasteiger partial charge in [-0.15, -0.1) is 0 Å². The molecule has 1 amide bonds. The van der Waals surface area contributed by atoms with Gasteiger partial charge in [-0.2, -0.15) is 0 Å². The van der Waals surface area contributed by atoms with Crippen LogP contribution in [0.15, 0.2) is 48.5 Å². The summed E-state index contributed by atoms with van der Waals surface area (Å²) in [7, 11) is 1.62. The van der Waals surface area contributed by atoms with Gasteiger partial charge in [-0.1, -0.05) is 24.3 Å². The number of carbonyl (C=O) groups is 2. The molecule has 2 aromatic rings. The number of nitrogens with one attached hydrogen (secondary N) is 1. The minimum atomic E-state index is -1.13. The van der Waals surface area contributed by atoms with Gasteiger partial charge >= 0.3 is 12.1 Å². The number of benzene rings is 2. The van der Waals surface area contributed by atoms with Crippen molar-refractivity contribution in [3.8, 4) is 11.5 Å². The highest BCUT2D eigenvalue weighted by molar-refractivity contribution is 5.80. The predicted octanol–water partition coefficient (Wildman–Crippen LogP) is 3.79. The Balaban J connectivity index is 1.91. The van der Waals surface area contributed by atoms with Crippen LogP contribution < -0.4 is 14.8 Å². The third kappa shape index (κ3) is 7.73. The Morgan fingerprint density at radius 2 is 1.52 bits per heavy atom. The SMILES string of the molecule is COc1ccc(COc2ccc(C[C@H](NC(=O)OC(C)(C)C)C(=O)O)cc2)cc1. The fourth-order valence-electron chi connectivity index (χ4n) is 2.50. The number of hydrogen-bond acceptors (Lipinski definition) is 5. The van der Waals surface area contributed by atoms with Crippen LogP contribution in [-0.4, -0.2) is 35.9 Å². The predicted molar refractivity (Wildman–Crippen MR) is 108 cm³/mol. The normalized spacial score (nSPS) is 12.0. The Hall–Kier alpha value is -3.22. The number of hydrogen-bond donors (Lipinski definition) is 2. The number of carboxylic acid groups (broad SMARTS) is 1. The summed E-state index contributed by atoms with van der Waals surface area (Å²) in [4.78, 5) is 23.3. The van der Waals surface area contributed by atoms with Gasteiger partial charge in [-0.25, -0.2) is 9.59 Å². The molecule has 0 radical (unpaired) electrons. The van der Waals surface area contributed by atoms with Crippen LogP contribution in [0.4, 0.5) is 4.79 Å². The third-order valence-corrected chi connectivity index (χ3v) is 3.92. The fraction of sp³-hybridized carbons (Fsp3) is 0.364. The van der Waals surface area contributed by atoms with Crippen molar-refractivity contribution in [1.82, 2.24) is 5.32 Å². The molecule has 0 heterocycles. The number of ether oxygens (including phenoxy) is 3. The van der Waals surface area contributed by atoms with E-state index in [1.807, 2.05) is 24.3 Å². The minimum absolute atomic E-state index is 0.132. The second-order valence-electron chi connectivity index (χ2n) is 7.52. The summed E-state index contributed by atoms with van der Waals surface area (Å²) < 4.78 is 16.0. The molecule has 0 saturated carbocycles. The Morgan fingerprint density at radius 3 is 2.03 bits per heavy atom. The first-order valence-corrected chi connectivity index (χ1v) is 9.23. The Morgan fingerprint density at radius 1 is 0.966 bits per heavy atom. The molecule has 0 aromatic heterocycles. The summed E-state index contributed by atoms with van der Waals surface area (Å²) in [5.74, 6) is 0.318. The lowest BCUT2D eigenvalue weighted by Gasteiger charge is -2.22. The van der Waals surface area contributed by atoms with Crippen LogP contribution >= 0.6 is 0 Å². The molecule has 0 bridgehead atoms. The topological polar surface area (TPSA) is 94.1 Å². The molecule has 156 valence electrons. The van der Waals surface area contributed by atoms with E-state index >= 15 is 0 Å². The summed E-state index contributed by atoms with van der Waals surface area (Å²) in [5, 5.41) is 11.8. The maximum atomic E-state index is 11.9. The van der Waals surface area contributed by atoms with E-state index in [1.54, 1.807) is 52.1 Å². The zero-order valence-electron chi connectivity index (χ0n) is 17.1. The first-order chi connectivity index (χ1) is 13.7. The van der Waals surface area contributed by atoms with Gasteiger partial charge in [0.25, 0.3) is 0 Å². The average Bonchev–Trinajstić information content (AvgIpc) is 2.65. The van der Waals surface area contributed by atoms with Crippen LogP contribution in [0.2, 0.25) is 0 Å². The van der Waals surface area contributed by atoms with Crippen LogP contribution in [0, 0.1) is 0 Å². The number of carboxylic acids is 1. The van der Waals surface area contributed by atoms with Crippen LogP contribution in [0.1, 0.15) is 31.9 Å². The van der Waals surface area contributed by atoms with Gasteiger partial charge in [0.05, 0.1) is 7.11 Å². The molecule has 2 rings (SSSR count). The molecule has 0 aliphatic carbocycles. The van der Waals surface area contributed by atoms with Crippen molar-refractivity contribution in [3.05, 3.63) is 59.7 Å². The Kier molecular flexibility index (Phi) is 7.47. The Bertz CT molecular complexity index is 809. The van der Waals surface area contributed by atoms with Crippen molar-refractivity contribution in [2.75, 3.05) is 7.11 Å². The molecule has 0 spiro atoms. The monoisotopic (exact) mass is 401 g/mol. The lowest BCUT2D eigenvalue weighted by atomic mass is 10.1. The van der Waals surface area contributed by atoms with Crippen LogP contribution in [-0.2, 0) is 22.6 Å². The van der Waals surface area contributed by atoms with E-state index in [1.165, 1.54) is 0 Å². The summed E-state index contributed by atoms with van der Waals surface area (Å²) in [6, 6.07) is 13.6. The van der Waals surface area contributed by atoms with Crippen LogP contribution in [0.5, 0.6) is 11.5 Å². The molecule has 7 heteroatoms. The Labute approximate surface area is 170 Å². The minimum Gasteiger partial charge on any atom is -0.497 e. The van der Waals surface area contributed by atoms with Gasteiger partial charge < -0.3 is 24.6 Å². The van der Waals surface area contributed by atoms with Crippen LogP contribution in [0.3, 0.4) is 0 Å². The maximum absolute atomic E-state index is 11.9. The van der Waals surface area contributed by atoms with Crippen LogP contribution in [0.25, 0.3) is 0 Å². The fourth-order valence-corrected chi connectivity index (χ4v) is 2.50. The average molecular weight is 401 g/mol. The second-order valence-corrected chi connectivity index (χ2v) is 7.52. The molecule has 2 N–H and O–H groups in total. The zero-order chi connectivity index (χ0) is 21.4. The third-order valence-electron chi connectivity index (χ3n) is 3.92. The van der Waals surface area contributed by atoms with Crippen molar-refractivity contribution in [3.63, 3.8) is 0 Å². The zero-order valence-corrected chi connectivity index (χ0v) is 17.1. The van der Waals surface area contributed by atoms with E-state index < -0.39 is 23.7 Å². The van der Waals surface area contributed by atoms with Gasteiger partial charge in [0.1, 0.15) is 29.7 Å². The van der Waals surface area contributed by atoms with Gasteiger partial charge in [0.15, 0.2) is 0 Å². The summed E-state index contributed by atoms with van der Waals surface area (Å²) in [5.41, 5.74) is 1.06. The second kappa shape index (κ2) is 9.82. The number of methoxy groups -OCH3 is 1. The highest BCUT2D eigenvalue weighted by Gasteiger charge is 2.24. The number of alkyl carbamates (subject to hydrolysis) is 1. The van der Waals surface area contributed by atoms with E-state index in [0.29, 0.717) is 12.4 Å². The standard InChI is InChI=1S/C22H27NO6/c1-22(2,3)29-21(26)23-19(20(24)25)13-15-5-11-18(12-6-15)28-14-16-7-9-17(27-4)10-8-16/h5-12,19H,13-14H2,1-4H3,(H,23,26)(H,24,25)/t19-/m0/s1. The molecule has 29 heavy (non-hydrogen) atoms. The largest absolute Gasteiger partial charge is 0.497 e. The first-order valence-electron chi connectivity index (χ1n) is 9.23. The molecule has 7 nitrogen and oxygen atoms in total. The summed E-state index contributed by atoms with van der Waals surface area (Å²) in [6.07, 6.45) is -0.628. The van der Waals surface area contributed by atoms with Crippen molar-refractivity contribution in [1.29, 1.82) is 0 Å². The molecule has 0 saturated heterocycles. The van der Waals surface area contributed by atoms with Crippen molar-refractivity contribution >= 4 is 12.1 Å². The van der Waals surface area contributed by atoms with E-state index in [2.05, 4.69) is 5.32 Å². The molecule has 0 unspecified atom stereocenters.